The first-order chi connectivity index (χ1) is 16.1. The molecule has 0 aliphatic heterocycles. The molecule has 0 N–H and O–H groups in total. The zero-order chi connectivity index (χ0) is 22.5. The number of hydrogen-bond donors (Lipinski definition) is 0. The lowest BCUT2D eigenvalue weighted by atomic mass is 9.97. The summed E-state index contributed by atoms with van der Waals surface area (Å²) in [5, 5.41) is 11.7. The minimum atomic E-state index is -0.0206. The molecule has 33 heavy (non-hydrogen) atoms. The van der Waals surface area contributed by atoms with Gasteiger partial charge in [-0.15, -0.1) is 21.5 Å². The lowest BCUT2D eigenvalue weighted by Crippen LogP contribution is -2.22. The molecule has 6 rings (SSSR count). The van der Waals surface area contributed by atoms with E-state index >= 15 is 0 Å². The van der Waals surface area contributed by atoms with Crippen LogP contribution >= 0.6 is 46.3 Å². The van der Waals surface area contributed by atoms with Gasteiger partial charge in [0.05, 0.1) is 11.1 Å². The molecule has 9 heteroatoms. The third-order valence-electron chi connectivity index (χ3n) is 5.98. The van der Waals surface area contributed by atoms with E-state index in [9.17, 15) is 4.79 Å². The summed E-state index contributed by atoms with van der Waals surface area (Å²) in [5.41, 5.74) is 2.94. The van der Waals surface area contributed by atoms with Gasteiger partial charge in [0, 0.05) is 20.7 Å². The Kier molecular flexibility index (Phi) is 5.45. The molecule has 3 heterocycles. The second kappa shape index (κ2) is 8.47. The van der Waals surface area contributed by atoms with Crippen LogP contribution in [0.15, 0.2) is 58.5 Å². The molecule has 0 unspecified atom stereocenters. The molecule has 0 fully saturated rings. The van der Waals surface area contributed by atoms with Gasteiger partial charge in [-0.1, -0.05) is 59.2 Å². The summed E-state index contributed by atoms with van der Waals surface area (Å²) in [6.45, 7) is 0. The number of hydrogen-bond acceptors (Lipinski definition) is 5. The van der Waals surface area contributed by atoms with E-state index in [1.54, 1.807) is 33.7 Å². The Morgan fingerprint density at radius 2 is 1.85 bits per heavy atom. The average Bonchev–Trinajstić information content (AvgIpc) is 3.41. The predicted molar refractivity (Wildman–Crippen MR) is 137 cm³/mol. The number of aromatic nitrogens is 4. The molecule has 0 saturated carbocycles. The van der Waals surface area contributed by atoms with Gasteiger partial charge in [-0.05, 0) is 61.1 Å². The molecular formula is C24H18Cl2N4OS2. The molecule has 0 saturated heterocycles. The molecule has 1 aliphatic rings. The number of aryl methyl sites for hydroxylation is 2. The summed E-state index contributed by atoms with van der Waals surface area (Å²) in [7, 11) is 0. The highest BCUT2D eigenvalue weighted by molar-refractivity contribution is 7.98. The minimum Gasteiger partial charge on any atom is -0.268 e. The van der Waals surface area contributed by atoms with Gasteiger partial charge in [-0.2, -0.15) is 0 Å². The van der Waals surface area contributed by atoms with Crippen molar-refractivity contribution in [1.82, 2.24) is 19.2 Å². The Labute approximate surface area is 208 Å². The van der Waals surface area contributed by atoms with Crippen LogP contribution in [0.5, 0.6) is 0 Å². The highest BCUT2D eigenvalue weighted by Gasteiger charge is 2.25. The minimum absolute atomic E-state index is 0.0206. The van der Waals surface area contributed by atoms with E-state index < -0.39 is 0 Å². The van der Waals surface area contributed by atoms with Crippen LogP contribution in [0, 0.1) is 0 Å². The van der Waals surface area contributed by atoms with Crippen LogP contribution in [0.3, 0.4) is 0 Å². The highest BCUT2D eigenvalue weighted by Crippen LogP contribution is 2.37. The van der Waals surface area contributed by atoms with Crippen molar-refractivity contribution in [2.45, 2.75) is 36.6 Å². The van der Waals surface area contributed by atoms with E-state index in [0.717, 1.165) is 52.3 Å². The number of halogens is 2. The maximum atomic E-state index is 13.8. The predicted octanol–water partition coefficient (Wildman–Crippen LogP) is 6.57. The molecule has 0 atom stereocenters. The number of para-hydroxylation sites is 1. The molecule has 1 aliphatic carbocycles. The quantitative estimate of drug-likeness (QED) is 0.255. The van der Waals surface area contributed by atoms with E-state index in [1.165, 1.54) is 10.4 Å². The lowest BCUT2D eigenvalue weighted by molar-refractivity contribution is 0.699. The number of rotatable bonds is 4. The first-order valence-electron chi connectivity index (χ1n) is 10.7. The zero-order valence-electron chi connectivity index (χ0n) is 17.4. The van der Waals surface area contributed by atoms with Gasteiger partial charge in [0.25, 0.3) is 5.56 Å². The lowest BCUT2D eigenvalue weighted by Gasteiger charge is -2.12. The van der Waals surface area contributed by atoms with E-state index in [-0.39, 0.29) is 5.56 Å². The van der Waals surface area contributed by atoms with Crippen LogP contribution in [-0.4, -0.2) is 19.2 Å². The van der Waals surface area contributed by atoms with Crippen LogP contribution in [0.2, 0.25) is 10.0 Å². The van der Waals surface area contributed by atoms with E-state index in [4.69, 9.17) is 23.2 Å². The third-order valence-corrected chi connectivity index (χ3v) is 8.82. The summed E-state index contributed by atoms with van der Waals surface area (Å²) >= 11 is 15.7. The molecule has 0 amide bonds. The SMILES string of the molecule is O=c1c2c3c(sc2n2c(SCc4ccc(Cl)cc4Cl)nnc2n1-c1ccccc1)CCCC3. The Morgan fingerprint density at radius 1 is 1.03 bits per heavy atom. The Bertz CT molecular complexity index is 1570. The molecular weight excluding hydrogens is 495 g/mol. The van der Waals surface area contributed by atoms with Crippen LogP contribution < -0.4 is 5.56 Å². The number of fused-ring (bicyclic) bond motifs is 5. The molecule has 166 valence electrons. The fourth-order valence-electron chi connectivity index (χ4n) is 4.40. The van der Waals surface area contributed by atoms with Crippen molar-refractivity contribution >= 4 is 62.3 Å². The Morgan fingerprint density at radius 3 is 2.67 bits per heavy atom. The van der Waals surface area contributed by atoms with Crippen LogP contribution in [0.1, 0.15) is 28.8 Å². The fraction of sp³-hybridized carbons (Fsp3) is 0.208. The van der Waals surface area contributed by atoms with Crippen molar-refractivity contribution in [3.8, 4) is 5.69 Å². The van der Waals surface area contributed by atoms with E-state index in [1.807, 2.05) is 46.9 Å². The summed E-state index contributed by atoms with van der Waals surface area (Å²) in [6, 6.07) is 15.2. The summed E-state index contributed by atoms with van der Waals surface area (Å²) < 4.78 is 3.73. The van der Waals surface area contributed by atoms with Gasteiger partial charge in [0.1, 0.15) is 4.83 Å². The van der Waals surface area contributed by atoms with Gasteiger partial charge in [0.2, 0.25) is 5.78 Å². The van der Waals surface area contributed by atoms with Gasteiger partial charge in [-0.3, -0.25) is 4.79 Å². The second-order valence-electron chi connectivity index (χ2n) is 8.01. The third kappa shape index (κ3) is 3.58. The molecule has 0 radical (unpaired) electrons. The number of thiophene rings is 1. The van der Waals surface area contributed by atoms with Crippen molar-refractivity contribution in [3.63, 3.8) is 0 Å². The van der Waals surface area contributed by atoms with Gasteiger partial charge < -0.3 is 0 Å². The number of benzene rings is 2. The normalized spacial score (nSPS) is 13.6. The second-order valence-corrected chi connectivity index (χ2v) is 10.9. The van der Waals surface area contributed by atoms with Crippen LogP contribution in [0.4, 0.5) is 0 Å². The molecule has 2 aromatic carbocycles. The molecule has 5 aromatic rings. The van der Waals surface area contributed by atoms with Gasteiger partial charge in [0.15, 0.2) is 5.16 Å². The smallest absolute Gasteiger partial charge is 0.268 e. The van der Waals surface area contributed by atoms with Crippen molar-refractivity contribution < 1.29 is 0 Å². The maximum Gasteiger partial charge on any atom is 0.268 e. The highest BCUT2D eigenvalue weighted by atomic mass is 35.5. The van der Waals surface area contributed by atoms with Crippen molar-refractivity contribution in [2.24, 2.45) is 0 Å². The van der Waals surface area contributed by atoms with Crippen molar-refractivity contribution in [1.29, 1.82) is 0 Å². The molecule has 0 bridgehead atoms. The summed E-state index contributed by atoms with van der Waals surface area (Å²) in [5.74, 6) is 1.15. The van der Waals surface area contributed by atoms with Crippen molar-refractivity contribution in [3.05, 3.63) is 84.9 Å². The standard InChI is InChI=1S/C24H18Cl2N4OS2/c25-15-11-10-14(18(26)12-15)13-32-24-28-27-23-29(16-6-2-1-3-7-16)21(31)20-17-8-4-5-9-19(17)33-22(20)30(23)24/h1-3,6-7,10-12H,4-5,8-9,13H2. The van der Waals surface area contributed by atoms with Crippen LogP contribution in [0.25, 0.3) is 21.7 Å². The molecule has 5 nitrogen and oxygen atoms in total. The largest absolute Gasteiger partial charge is 0.268 e. The maximum absolute atomic E-state index is 13.8. The fourth-order valence-corrected chi connectivity index (χ4v) is 7.33. The van der Waals surface area contributed by atoms with Gasteiger partial charge in [-0.25, -0.2) is 8.97 Å². The van der Waals surface area contributed by atoms with E-state index in [2.05, 4.69) is 10.2 Å². The Balaban J connectivity index is 1.58. The zero-order valence-corrected chi connectivity index (χ0v) is 20.6. The van der Waals surface area contributed by atoms with E-state index in [0.29, 0.717) is 21.6 Å². The monoisotopic (exact) mass is 512 g/mol. The molecule has 3 aromatic heterocycles. The summed E-state index contributed by atoms with van der Waals surface area (Å²) in [6.07, 6.45) is 4.23. The Hall–Kier alpha value is -2.32. The molecule has 0 spiro atoms. The summed E-state index contributed by atoms with van der Waals surface area (Å²) in [4.78, 5) is 16.0. The van der Waals surface area contributed by atoms with Crippen molar-refractivity contribution in [2.75, 3.05) is 0 Å². The number of nitrogens with zero attached hydrogens (tertiary/aromatic N) is 4. The average molecular weight is 513 g/mol. The van der Waals surface area contributed by atoms with Gasteiger partial charge >= 0.3 is 0 Å². The number of thioether (sulfide) groups is 1. The topological polar surface area (TPSA) is 52.2 Å². The van der Waals surface area contributed by atoms with Crippen LogP contribution in [-0.2, 0) is 18.6 Å². The first-order valence-corrected chi connectivity index (χ1v) is 13.2. The first kappa shape index (κ1) is 21.2.